The smallest absolute Gasteiger partial charge is 0.435 e. The Morgan fingerprint density at radius 2 is 1.62 bits per heavy atom. The third-order valence-electron chi connectivity index (χ3n) is 13.2. The quantitative estimate of drug-likeness (QED) is 0.0386. The number of halogens is 11. The van der Waals surface area contributed by atoms with Crippen LogP contribution in [0.1, 0.15) is 85.4 Å². The third-order valence-corrected chi connectivity index (χ3v) is 16.5. The molecule has 0 aliphatic heterocycles. The van der Waals surface area contributed by atoms with Crippen molar-refractivity contribution < 1.29 is 75.1 Å². The summed E-state index contributed by atoms with van der Waals surface area (Å²) in [4.78, 5) is 32.6. The molecule has 3 atom stereocenters. The lowest BCUT2D eigenvalue weighted by molar-refractivity contribution is -0.144. The summed E-state index contributed by atoms with van der Waals surface area (Å²) in [5.41, 5.74) is -0.593. The lowest BCUT2D eigenvalue weighted by atomic mass is 9.73. The molecule has 2 aromatic carbocycles. The van der Waals surface area contributed by atoms with Gasteiger partial charge in [-0.05, 0) is 80.8 Å². The highest BCUT2D eigenvalue weighted by molar-refractivity contribution is 7.93. The summed E-state index contributed by atoms with van der Waals surface area (Å²) >= 11 is 6.67. The number of carbonyl (C=O) groups excluding carboxylic acids is 2. The Hall–Kier alpha value is -6.67. The molecule has 3 aliphatic rings. The monoisotopic (exact) mass is 1140 g/mol. The van der Waals surface area contributed by atoms with Gasteiger partial charge in [0.2, 0.25) is 15.9 Å². The van der Waals surface area contributed by atoms with E-state index in [-0.39, 0.29) is 61.7 Å². The number of nitrogens with zero attached hydrogens (tertiary/aromatic N) is 6. The van der Waals surface area contributed by atoms with Crippen molar-refractivity contribution in [3.63, 3.8) is 0 Å². The predicted octanol–water partition coefficient (Wildman–Crippen LogP) is 7.60. The van der Waals surface area contributed by atoms with Gasteiger partial charge in [-0.3, -0.25) is 19.6 Å². The number of sulfone groups is 1. The number of aromatic nitrogens is 5. The molecule has 3 aromatic heterocycles. The van der Waals surface area contributed by atoms with E-state index in [0.29, 0.717) is 12.3 Å². The molecule has 17 nitrogen and oxygen atoms in total. The van der Waals surface area contributed by atoms with Crippen molar-refractivity contribution >= 4 is 66.1 Å². The van der Waals surface area contributed by atoms with Crippen molar-refractivity contribution in [2.75, 3.05) is 16.8 Å². The van der Waals surface area contributed by atoms with E-state index in [0.717, 1.165) is 42.7 Å². The number of benzene rings is 2. The maximum Gasteiger partial charge on any atom is 0.435 e. The van der Waals surface area contributed by atoms with Crippen molar-refractivity contribution in [1.29, 1.82) is 5.41 Å². The molecule has 76 heavy (non-hydrogen) atoms. The third kappa shape index (κ3) is 11.0. The van der Waals surface area contributed by atoms with Gasteiger partial charge in [0, 0.05) is 53.8 Å². The molecular formula is C46H43ClF10N10O7S2. The number of sulfonamides is 1. The number of rotatable bonds is 13. The second kappa shape index (κ2) is 19.4. The Balaban J connectivity index is 1.33. The van der Waals surface area contributed by atoms with Gasteiger partial charge in [-0.15, -0.1) is 0 Å². The molecule has 2 amide bonds. The fourth-order valence-corrected chi connectivity index (χ4v) is 10.6. The number of carbonyl (C=O) groups is 2. The van der Waals surface area contributed by atoms with Gasteiger partial charge in [-0.25, -0.2) is 35.4 Å². The van der Waals surface area contributed by atoms with Crippen molar-refractivity contribution in [3.8, 4) is 23.0 Å². The molecule has 0 saturated heterocycles. The predicted molar refractivity (Wildman–Crippen MR) is 253 cm³/mol. The summed E-state index contributed by atoms with van der Waals surface area (Å²) in [5.74, 6) is -6.55. The van der Waals surface area contributed by atoms with Gasteiger partial charge < -0.3 is 21.1 Å². The van der Waals surface area contributed by atoms with E-state index < -0.39 is 166 Å². The molecular weight excluding hydrogens is 1090 g/mol. The number of anilines is 1. The Kier molecular flexibility index (Phi) is 14.2. The molecule has 5 aromatic rings. The fraction of sp³-hybridized carbons (Fsp3) is 0.435. The Labute approximate surface area is 430 Å². The normalized spacial score (nSPS) is 19.6. The second-order valence-electron chi connectivity index (χ2n) is 19.1. The van der Waals surface area contributed by atoms with E-state index in [1.807, 2.05) is 0 Å². The number of nitrogens with one attached hydrogen (secondary N) is 3. The van der Waals surface area contributed by atoms with E-state index in [2.05, 4.69) is 37.7 Å². The van der Waals surface area contributed by atoms with Gasteiger partial charge in [0.05, 0.1) is 33.9 Å². The van der Waals surface area contributed by atoms with E-state index in [9.17, 15) is 61.5 Å². The first-order valence-corrected chi connectivity index (χ1v) is 26.8. The average molecular weight is 1140 g/mol. The summed E-state index contributed by atoms with van der Waals surface area (Å²) in [7, 11) is -8.80. The number of hydrogen-bond acceptors (Lipinski definition) is 11. The van der Waals surface area contributed by atoms with E-state index >= 15 is 8.78 Å². The number of fused-ring (bicyclic) bond motifs is 4. The molecule has 3 aliphatic carbocycles. The van der Waals surface area contributed by atoms with Crippen molar-refractivity contribution in [2.24, 2.45) is 11.7 Å². The zero-order valence-electron chi connectivity index (χ0n) is 40.0. The van der Waals surface area contributed by atoms with Crippen LogP contribution < -0.4 is 20.7 Å². The van der Waals surface area contributed by atoms with Crippen LogP contribution in [0.15, 0.2) is 42.5 Å². The highest BCUT2D eigenvalue weighted by Crippen LogP contribution is 2.64. The van der Waals surface area contributed by atoms with Gasteiger partial charge in [0.25, 0.3) is 5.92 Å². The van der Waals surface area contributed by atoms with E-state index in [1.165, 1.54) is 13.8 Å². The van der Waals surface area contributed by atoms with Crippen LogP contribution in [0.4, 0.5) is 54.5 Å². The number of pyridine rings is 1. The van der Waals surface area contributed by atoms with Gasteiger partial charge in [0.15, 0.2) is 27.3 Å². The SMILES string of the molecule is CC(C)(C#Cc1ccc(-c2ccc(Cl)c3c(N(C(=O)O[C@H]4C[C@@H](NC(=N)N)C4)S(C)(=O)=O)nn(CC(F)(F)F)c23)c([C@H](Cc2cc(F)cc(F)c2)NC(=O)Cn2nc(C(F)(F)F)c3c2C(F)(F)[C@@H]2CC[C@H]32)n1)S(C)(=O)=O. The second-order valence-corrected chi connectivity index (χ2v) is 23.9. The molecule has 0 spiro atoms. The molecule has 2 saturated carbocycles. The minimum Gasteiger partial charge on any atom is -0.445 e. The lowest BCUT2D eigenvalue weighted by Gasteiger charge is -2.35. The number of amides is 2. The van der Waals surface area contributed by atoms with Crippen LogP contribution >= 0.6 is 11.6 Å². The molecule has 0 radical (unpaired) electrons. The number of ether oxygens (including phenoxy) is 1. The Bertz CT molecular complexity index is 3500. The maximum absolute atomic E-state index is 15.9. The number of hydrogen-bond donors (Lipinski definition) is 4. The van der Waals surface area contributed by atoms with Crippen molar-refractivity contribution in [1.82, 2.24) is 35.2 Å². The maximum atomic E-state index is 15.9. The van der Waals surface area contributed by atoms with Crippen LogP contribution in [0.5, 0.6) is 0 Å². The fourth-order valence-electron chi connectivity index (χ4n) is 9.33. The minimum atomic E-state index is -5.24. The van der Waals surface area contributed by atoms with Crippen LogP contribution in [0.3, 0.4) is 0 Å². The van der Waals surface area contributed by atoms with Crippen LogP contribution in [0, 0.1) is 34.8 Å². The lowest BCUT2D eigenvalue weighted by Crippen LogP contribution is -2.51. The van der Waals surface area contributed by atoms with Gasteiger partial charge in [-0.2, -0.15) is 49.6 Å². The molecule has 5 N–H and O–H groups in total. The highest BCUT2D eigenvalue weighted by Gasteiger charge is 2.63. The number of nitrogens with two attached hydrogens (primary N) is 1. The zero-order valence-corrected chi connectivity index (χ0v) is 42.4. The molecule has 8 rings (SSSR count). The summed E-state index contributed by atoms with van der Waals surface area (Å²) in [6, 6.07) is 4.28. The molecule has 2 fully saturated rings. The minimum absolute atomic E-state index is 0.0187. The largest absolute Gasteiger partial charge is 0.445 e. The number of alkyl halides is 8. The molecule has 408 valence electrons. The van der Waals surface area contributed by atoms with Crippen LogP contribution in [-0.2, 0) is 61.0 Å². The first-order valence-electron chi connectivity index (χ1n) is 22.7. The van der Waals surface area contributed by atoms with Gasteiger partial charge in [0.1, 0.15) is 47.0 Å². The molecule has 0 bridgehead atoms. The first-order chi connectivity index (χ1) is 35.0. The summed E-state index contributed by atoms with van der Waals surface area (Å²) in [6.45, 7) is -0.838. The molecule has 0 unspecified atom stereocenters. The zero-order chi connectivity index (χ0) is 56.0. The van der Waals surface area contributed by atoms with Crippen LogP contribution in [0.25, 0.3) is 22.0 Å². The van der Waals surface area contributed by atoms with E-state index in [1.54, 1.807) is 0 Å². The standard InChI is InChI=1S/C46H43ClF10N10O7S2/c1-43(2,75(3,70)71)12-11-24-5-6-27(28-8-10-31(47)35-37(28)66(20-44(50,51)52)64-40(35)67(76(4,72)73)42(69)74-26-17-25(18-26)61-41(58)59)36(60-24)32(15-21-13-22(48)16-23(49)14-21)62-33(68)19-65-39-34(38(63-65)46(55,56)57)29-7-9-30(29)45(39,53)54/h5-6,8,10,13-14,16,25-26,29-30,32H,7,9,15,17-20H2,1-4H3,(H,62,68)(H4,58,59,61)/t25-,26+,29-,30+,32-/m0/s1. The van der Waals surface area contributed by atoms with Crippen LogP contribution in [0.2, 0.25) is 5.02 Å². The average Bonchev–Trinajstić information content (AvgIpc) is 3.83. The van der Waals surface area contributed by atoms with Gasteiger partial charge in [-0.1, -0.05) is 23.6 Å². The Morgan fingerprint density at radius 1 is 0.974 bits per heavy atom. The highest BCUT2D eigenvalue weighted by atomic mass is 35.5. The summed E-state index contributed by atoms with van der Waals surface area (Å²) < 4.78 is 205. The molecule has 30 heteroatoms. The van der Waals surface area contributed by atoms with Gasteiger partial charge >= 0.3 is 18.4 Å². The molecule has 3 heterocycles. The summed E-state index contributed by atoms with van der Waals surface area (Å²) in [6.07, 6.45) is -12.4. The van der Waals surface area contributed by atoms with Crippen molar-refractivity contribution in [2.45, 2.75) is 106 Å². The van der Waals surface area contributed by atoms with Crippen molar-refractivity contribution in [3.05, 3.63) is 93.0 Å². The topological polar surface area (TPSA) is 237 Å². The number of guanidine groups is 1. The van der Waals surface area contributed by atoms with Crippen LogP contribution in [-0.4, -0.2) is 94.9 Å². The Morgan fingerprint density at radius 3 is 2.18 bits per heavy atom. The first kappa shape index (κ1) is 55.6. The van der Waals surface area contributed by atoms with E-state index in [4.69, 9.17) is 27.5 Å². The summed E-state index contributed by atoms with van der Waals surface area (Å²) in [5, 5.41) is 18.7.